The molecule has 0 amide bonds. The Bertz CT molecular complexity index is 1900. The van der Waals surface area contributed by atoms with Crippen LogP contribution in [0.1, 0.15) is 25.0 Å². The van der Waals surface area contributed by atoms with Gasteiger partial charge in [-0.2, -0.15) is 0 Å². The topological polar surface area (TPSA) is 47.8 Å². The number of rotatable bonds is 0. The highest BCUT2D eigenvalue weighted by Gasteiger charge is 2.37. The number of hydrogen-bond acceptors (Lipinski definition) is 3. The number of hydrogen-bond donors (Lipinski definition) is 0. The van der Waals surface area contributed by atoms with Gasteiger partial charge in [0.25, 0.3) is 0 Å². The summed E-state index contributed by atoms with van der Waals surface area (Å²) in [5.41, 5.74) is 3.75. The second-order valence-electron chi connectivity index (χ2n) is 9.27. The van der Waals surface area contributed by atoms with Crippen molar-refractivity contribution in [2.45, 2.75) is 19.3 Å². The van der Waals surface area contributed by atoms with Crippen LogP contribution in [0.3, 0.4) is 0 Å². The molecule has 0 saturated carbocycles. The zero-order valence-electron chi connectivity index (χ0n) is 18.2. The van der Waals surface area contributed by atoms with Gasteiger partial charge in [-0.25, -0.2) is 0 Å². The van der Waals surface area contributed by atoms with E-state index in [1.165, 1.54) is 0 Å². The Labute approximate surface area is 188 Å². The van der Waals surface area contributed by atoms with Crippen molar-refractivity contribution in [1.82, 2.24) is 4.40 Å². The van der Waals surface area contributed by atoms with Gasteiger partial charge in [0.1, 0.15) is 11.5 Å². The number of ether oxygens (including phenoxy) is 1. The molecule has 4 heteroatoms. The van der Waals surface area contributed by atoms with Crippen molar-refractivity contribution in [3.05, 3.63) is 110 Å². The minimum absolute atomic E-state index is 0.0550. The third kappa shape index (κ3) is 2.15. The van der Waals surface area contributed by atoms with Gasteiger partial charge in [-0.15, -0.1) is 0 Å². The summed E-state index contributed by atoms with van der Waals surface area (Å²) < 4.78 is 8.45. The molecule has 0 fully saturated rings. The Kier molecular flexibility index (Phi) is 3.34. The van der Waals surface area contributed by atoms with Crippen LogP contribution >= 0.6 is 0 Å². The minimum atomic E-state index is -0.418. The summed E-state index contributed by atoms with van der Waals surface area (Å²) in [5.74, 6) is 1.56. The first kappa shape index (κ1) is 18.4. The monoisotopic (exact) mass is 429 g/mol. The van der Waals surface area contributed by atoms with Crippen LogP contribution in [0, 0.1) is 0 Å². The average Bonchev–Trinajstić information content (AvgIpc) is 2.83. The Balaban J connectivity index is 1.85. The highest BCUT2D eigenvalue weighted by Crippen LogP contribution is 2.50. The predicted molar refractivity (Wildman–Crippen MR) is 132 cm³/mol. The predicted octanol–water partition coefficient (Wildman–Crippen LogP) is 5.99. The summed E-state index contributed by atoms with van der Waals surface area (Å²) >= 11 is 0. The van der Waals surface area contributed by atoms with Gasteiger partial charge in [-0.1, -0.05) is 50.2 Å². The maximum Gasteiger partial charge on any atom is 0.197 e. The average molecular weight is 429 g/mol. The Morgan fingerprint density at radius 1 is 0.636 bits per heavy atom. The molecule has 0 radical (unpaired) electrons. The Morgan fingerprint density at radius 3 is 2.09 bits per heavy atom. The largest absolute Gasteiger partial charge is 0.457 e. The van der Waals surface area contributed by atoms with Gasteiger partial charge >= 0.3 is 0 Å². The van der Waals surface area contributed by atoms with Gasteiger partial charge < -0.3 is 9.14 Å². The van der Waals surface area contributed by atoms with Crippen LogP contribution in [0.4, 0.5) is 0 Å². The molecule has 0 bridgehead atoms. The molecule has 4 aromatic carbocycles. The summed E-state index contributed by atoms with van der Waals surface area (Å²) in [4.78, 5) is 27.1. The first-order valence-electron chi connectivity index (χ1n) is 11.0. The third-order valence-electron chi connectivity index (χ3n) is 7.15. The fourth-order valence-electron chi connectivity index (χ4n) is 5.66. The molecule has 4 nitrogen and oxygen atoms in total. The van der Waals surface area contributed by atoms with Crippen molar-refractivity contribution in [1.29, 1.82) is 0 Å². The maximum absolute atomic E-state index is 13.7. The first-order valence-corrected chi connectivity index (χ1v) is 11.0. The minimum Gasteiger partial charge on any atom is -0.457 e. The molecule has 0 saturated heterocycles. The van der Waals surface area contributed by atoms with Gasteiger partial charge in [0.2, 0.25) is 0 Å². The van der Waals surface area contributed by atoms with Crippen molar-refractivity contribution in [3.63, 3.8) is 0 Å². The molecule has 7 rings (SSSR count). The van der Waals surface area contributed by atoms with Crippen LogP contribution in [-0.4, -0.2) is 4.40 Å². The standard InChI is InChI=1S/C29H19NO3/c1-29(2)20-11-4-6-13-22(20)33-23-15-14-19-26(24(23)29)30-21-12-5-3-8-16(21)27(31)17-9-7-10-18(25(17)30)28(19)32/h3-15H,1-2H3. The quantitative estimate of drug-likeness (QED) is 0.220. The van der Waals surface area contributed by atoms with E-state index in [9.17, 15) is 9.59 Å². The van der Waals surface area contributed by atoms with Crippen molar-refractivity contribution in [2.24, 2.45) is 0 Å². The van der Waals surface area contributed by atoms with E-state index in [2.05, 4.69) is 24.3 Å². The molecule has 158 valence electrons. The number of aromatic nitrogens is 1. The molecule has 33 heavy (non-hydrogen) atoms. The van der Waals surface area contributed by atoms with Gasteiger partial charge in [0, 0.05) is 38.1 Å². The molecule has 0 unspecified atom stereocenters. The number of benzene rings is 4. The van der Waals surface area contributed by atoms with Crippen molar-refractivity contribution >= 4 is 38.1 Å². The van der Waals surface area contributed by atoms with E-state index >= 15 is 0 Å². The van der Waals surface area contributed by atoms with Gasteiger partial charge in [0.05, 0.1) is 16.6 Å². The molecule has 0 spiro atoms. The van der Waals surface area contributed by atoms with Crippen LogP contribution in [-0.2, 0) is 5.41 Å². The lowest BCUT2D eigenvalue weighted by Gasteiger charge is -2.35. The van der Waals surface area contributed by atoms with E-state index in [1.54, 1.807) is 6.07 Å². The maximum atomic E-state index is 13.7. The molecule has 0 aliphatic carbocycles. The van der Waals surface area contributed by atoms with Crippen LogP contribution in [0.15, 0.2) is 88.5 Å². The molecule has 1 aliphatic rings. The van der Waals surface area contributed by atoms with Crippen molar-refractivity contribution < 1.29 is 4.74 Å². The molecular weight excluding hydrogens is 410 g/mol. The van der Waals surface area contributed by atoms with Crippen molar-refractivity contribution in [3.8, 4) is 11.5 Å². The number of para-hydroxylation sites is 3. The SMILES string of the molecule is CC1(C)c2ccccc2Oc2ccc3c(=O)c4cccc5c(=O)c6ccccc6n(c3c21)c54. The molecule has 2 aromatic heterocycles. The normalized spacial score (nSPS) is 14.5. The lowest BCUT2D eigenvalue weighted by atomic mass is 9.74. The summed E-state index contributed by atoms with van der Waals surface area (Å²) in [7, 11) is 0. The highest BCUT2D eigenvalue weighted by atomic mass is 16.5. The first-order chi connectivity index (χ1) is 16.0. The van der Waals surface area contributed by atoms with Crippen molar-refractivity contribution in [2.75, 3.05) is 0 Å². The fourth-order valence-corrected chi connectivity index (χ4v) is 5.66. The van der Waals surface area contributed by atoms with E-state index < -0.39 is 5.41 Å². The van der Waals surface area contributed by atoms with E-state index in [0.29, 0.717) is 27.1 Å². The van der Waals surface area contributed by atoms with E-state index in [0.717, 1.165) is 33.7 Å². The summed E-state index contributed by atoms with van der Waals surface area (Å²) in [6.45, 7) is 4.33. The number of pyridine rings is 2. The fraction of sp³-hybridized carbons (Fsp3) is 0.103. The number of nitrogens with zero attached hydrogens (tertiary/aromatic N) is 1. The molecule has 1 aliphatic heterocycles. The summed E-state index contributed by atoms with van der Waals surface area (Å²) in [6, 6.07) is 24.8. The molecular formula is C29H19NO3. The zero-order valence-corrected chi connectivity index (χ0v) is 18.2. The van der Waals surface area contributed by atoms with Crippen LogP contribution in [0.25, 0.3) is 38.1 Å². The Morgan fingerprint density at radius 2 is 1.27 bits per heavy atom. The van der Waals surface area contributed by atoms with E-state index in [4.69, 9.17) is 4.74 Å². The smallest absolute Gasteiger partial charge is 0.197 e. The highest BCUT2D eigenvalue weighted by molar-refractivity contribution is 6.08. The lowest BCUT2D eigenvalue weighted by molar-refractivity contribution is 0.420. The second-order valence-corrected chi connectivity index (χ2v) is 9.27. The van der Waals surface area contributed by atoms with Gasteiger partial charge in [-0.3, -0.25) is 9.59 Å². The van der Waals surface area contributed by atoms with Crippen LogP contribution in [0.5, 0.6) is 11.5 Å². The molecule has 3 heterocycles. The van der Waals surface area contributed by atoms with Crippen LogP contribution < -0.4 is 15.6 Å². The van der Waals surface area contributed by atoms with Gasteiger partial charge in [0.15, 0.2) is 10.9 Å². The van der Waals surface area contributed by atoms with E-state index in [1.807, 2.05) is 66.7 Å². The van der Waals surface area contributed by atoms with Crippen LogP contribution in [0.2, 0.25) is 0 Å². The second kappa shape index (κ2) is 5.99. The molecule has 6 aromatic rings. The summed E-state index contributed by atoms with van der Waals surface area (Å²) in [6.07, 6.45) is 0. The third-order valence-corrected chi connectivity index (χ3v) is 7.15. The molecule has 0 atom stereocenters. The summed E-state index contributed by atoms with van der Waals surface area (Å²) in [5, 5.41) is 2.36. The van der Waals surface area contributed by atoms with E-state index in [-0.39, 0.29) is 10.9 Å². The van der Waals surface area contributed by atoms with Gasteiger partial charge in [-0.05, 0) is 42.5 Å². The lowest BCUT2D eigenvalue weighted by Crippen LogP contribution is -2.26. The molecule has 0 N–H and O–H groups in total. The number of fused-ring (bicyclic) bond motifs is 7. The Hall–Kier alpha value is -4.18. The zero-order chi connectivity index (χ0) is 22.5.